The summed E-state index contributed by atoms with van der Waals surface area (Å²) < 4.78 is 22.9. The lowest BCUT2D eigenvalue weighted by atomic mass is 10.1. The van der Waals surface area contributed by atoms with Gasteiger partial charge in [0.15, 0.2) is 23.8 Å². The second kappa shape index (κ2) is 11.1. The highest BCUT2D eigenvalue weighted by atomic mass is 16.5. The fraction of sp³-hybridized carbons (Fsp3) is 0.148. The van der Waals surface area contributed by atoms with Crippen molar-refractivity contribution < 1.29 is 28.5 Å². The quantitative estimate of drug-likeness (QED) is 0.350. The number of hydrogen-bond acceptors (Lipinski definition) is 7. The number of carbonyl (C=O) groups excluding carboxylic acids is 2. The average molecular weight is 488 g/mol. The lowest BCUT2D eigenvalue weighted by Crippen LogP contribution is -2.21. The van der Waals surface area contributed by atoms with Crippen molar-refractivity contribution in [3.63, 3.8) is 0 Å². The maximum Gasteiger partial charge on any atom is 0.360 e. The molecule has 36 heavy (non-hydrogen) atoms. The van der Waals surface area contributed by atoms with Crippen LogP contribution < -0.4 is 19.5 Å². The molecule has 3 aromatic carbocycles. The minimum absolute atomic E-state index is 0.0520. The van der Waals surface area contributed by atoms with Crippen LogP contribution in [0.1, 0.15) is 10.5 Å². The molecule has 0 saturated heterocycles. The van der Waals surface area contributed by atoms with Gasteiger partial charge < -0.3 is 24.3 Å². The topological polar surface area (TPSA) is 101 Å². The van der Waals surface area contributed by atoms with E-state index in [1.54, 1.807) is 60.5 Å². The Kier molecular flexibility index (Phi) is 7.50. The second-order valence-electron chi connectivity index (χ2n) is 7.57. The molecule has 0 aliphatic heterocycles. The number of hydrogen-bond donors (Lipinski definition) is 1. The van der Waals surface area contributed by atoms with E-state index in [-0.39, 0.29) is 5.69 Å². The first-order valence-electron chi connectivity index (χ1n) is 11.0. The standard InChI is InChI=1S/C27H25N3O6/c1-33-22-12-8-7-11-21(22)28-25(31)17-36-27(32)26-20(16-30(29-26)19-9-5-4-6-10-19)18-13-14-23(34-2)24(15-18)35-3/h4-16H,17H2,1-3H3,(H,28,31). The Balaban J connectivity index is 1.60. The number of anilines is 1. The van der Waals surface area contributed by atoms with Crippen LogP contribution in [0.25, 0.3) is 16.8 Å². The lowest BCUT2D eigenvalue weighted by molar-refractivity contribution is -0.119. The van der Waals surface area contributed by atoms with E-state index in [2.05, 4.69) is 10.4 Å². The summed E-state index contributed by atoms with van der Waals surface area (Å²) in [5, 5.41) is 7.14. The maximum atomic E-state index is 13.1. The monoisotopic (exact) mass is 487 g/mol. The number of rotatable bonds is 9. The van der Waals surface area contributed by atoms with Crippen molar-refractivity contribution in [3.05, 3.63) is 84.7 Å². The zero-order valence-corrected chi connectivity index (χ0v) is 20.1. The van der Waals surface area contributed by atoms with Crippen LogP contribution in [0, 0.1) is 0 Å². The van der Waals surface area contributed by atoms with Gasteiger partial charge in [-0.1, -0.05) is 36.4 Å². The highest BCUT2D eigenvalue weighted by Gasteiger charge is 2.22. The molecule has 1 amide bonds. The number of amides is 1. The van der Waals surface area contributed by atoms with Crippen molar-refractivity contribution in [2.45, 2.75) is 0 Å². The van der Waals surface area contributed by atoms with Gasteiger partial charge in [-0.15, -0.1) is 0 Å². The van der Waals surface area contributed by atoms with Gasteiger partial charge in [0.2, 0.25) is 0 Å². The zero-order chi connectivity index (χ0) is 25.5. The first-order valence-corrected chi connectivity index (χ1v) is 11.0. The molecule has 9 nitrogen and oxygen atoms in total. The molecular weight excluding hydrogens is 462 g/mol. The average Bonchev–Trinajstić information content (AvgIpc) is 3.38. The molecule has 0 atom stereocenters. The summed E-state index contributed by atoms with van der Waals surface area (Å²) in [6.45, 7) is -0.500. The number of aromatic nitrogens is 2. The highest BCUT2D eigenvalue weighted by molar-refractivity contribution is 5.98. The van der Waals surface area contributed by atoms with Gasteiger partial charge in [-0.3, -0.25) is 4.79 Å². The molecule has 0 unspecified atom stereocenters. The Morgan fingerprint density at radius 1 is 0.833 bits per heavy atom. The molecule has 1 N–H and O–H groups in total. The van der Waals surface area contributed by atoms with E-state index < -0.39 is 18.5 Å². The van der Waals surface area contributed by atoms with E-state index in [9.17, 15) is 9.59 Å². The van der Waals surface area contributed by atoms with Crippen LogP contribution in [-0.4, -0.2) is 49.6 Å². The highest BCUT2D eigenvalue weighted by Crippen LogP contribution is 2.34. The molecule has 0 aliphatic carbocycles. The van der Waals surface area contributed by atoms with Gasteiger partial charge in [-0.25, -0.2) is 9.48 Å². The minimum atomic E-state index is -0.746. The van der Waals surface area contributed by atoms with Gasteiger partial charge >= 0.3 is 5.97 Å². The Hall–Kier alpha value is -4.79. The van der Waals surface area contributed by atoms with Crippen molar-refractivity contribution in [3.8, 4) is 34.1 Å². The Morgan fingerprint density at radius 3 is 2.25 bits per heavy atom. The van der Waals surface area contributed by atoms with E-state index in [1.165, 1.54) is 14.2 Å². The summed E-state index contributed by atoms with van der Waals surface area (Å²) in [7, 11) is 4.58. The Bertz CT molecular complexity index is 1370. The van der Waals surface area contributed by atoms with E-state index in [1.807, 2.05) is 30.3 Å². The van der Waals surface area contributed by atoms with Crippen molar-refractivity contribution in [1.82, 2.24) is 9.78 Å². The zero-order valence-electron chi connectivity index (χ0n) is 20.1. The smallest absolute Gasteiger partial charge is 0.360 e. The number of nitrogens with one attached hydrogen (secondary N) is 1. The number of nitrogens with zero attached hydrogens (tertiary/aromatic N) is 2. The van der Waals surface area contributed by atoms with Crippen LogP contribution in [0.2, 0.25) is 0 Å². The Labute approximate surface area is 208 Å². The summed E-state index contributed by atoms with van der Waals surface area (Å²) in [6.07, 6.45) is 1.72. The number of benzene rings is 3. The number of esters is 1. The molecule has 184 valence electrons. The van der Waals surface area contributed by atoms with Gasteiger partial charge in [0, 0.05) is 11.8 Å². The van der Waals surface area contributed by atoms with Crippen molar-refractivity contribution in [2.24, 2.45) is 0 Å². The molecule has 0 radical (unpaired) electrons. The maximum absolute atomic E-state index is 13.1. The van der Waals surface area contributed by atoms with Gasteiger partial charge in [-0.05, 0) is 42.0 Å². The third-order valence-corrected chi connectivity index (χ3v) is 5.34. The normalized spacial score (nSPS) is 10.4. The van der Waals surface area contributed by atoms with Crippen LogP contribution >= 0.6 is 0 Å². The van der Waals surface area contributed by atoms with E-state index >= 15 is 0 Å². The molecule has 0 spiro atoms. The van der Waals surface area contributed by atoms with Crippen LogP contribution in [0.3, 0.4) is 0 Å². The lowest BCUT2D eigenvalue weighted by Gasteiger charge is -2.10. The van der Waals surface area contributed by atoms with Crippen molar-refractivity contribution in [2.75, 3.05) is 33.3 Å². The summed E-state index contributed by atoms with van der Waals surface area (Å²) in [6, 6.07) is 21.6. The first-order chi connectivity index (χ1) is 17.5. The predicted octanol–water partition coefficient (Wildman–Crippen LogP) is 4.36. The van der Waals surface area contributed by atoms with E-state index in [4.69, 9.17) is 18.9 Å². The predicted molar refractivity (Wildman–Crippen MR) is 134 cm³/mol. The Morgan fingerprint density at radius 2 is 1.53 bits per heavy atom. The molecule has 4 aromatic rings. The first kappa shape index (κ1) is 24.3. The van der Waals surface area contributed by atoms with Gasteiger partial charge in [0.05, 0.1) is 32.7 Å². The fourth-order valence-electron chi connectivity index (χ4n) is 3.59. The van der Waals surface area contributed by atoms with Crippen molar-refractivity contribution in [1.29, 1.82) is 0 Å². The second-order valence-corrected chi connectivity index (χ2v) is 7.57. The largest absolute Gasteiger partial charge is 0.495 e. The molecule has 4 rings (SSSR count). The summed E-state index contributed by atoms with van der Waals surface area (Å²) in [5.41, 5.74) is 2.46. The summed E-state index contributed by atoms with van der Waals surface area (Å²) in [4.78, 5) is 25.5. The number of methoxy groups -OCH3 is 3. The van der Waals surface area contributed by atoms with Gasteiger partial charge in [0.25, 0.3) is 5.91 Å². The number of carbonyl (C=O) groups is 2. The molecule has 0 fully saturated rings. The third-order valence-electron chi connectivity index (χ3n) is 5.34. The molecule has 1 heterocycles. The minimum Gasteiger partial charge on any atom is -0.495 e. The number of para-hydroxylation sites is 3. The molecule has 1 aromatic heterocycles. The fourth-order valence-corrected chi connectivity index (χ4v) is 3.59. The van der Waals surface area contributed by atoms with Gasteiger partial charge in [-0.2, -0.15) is 5.10 Å². The molecule has 0 bridgehead atoms. The summed E-state index contributed by atoms with van der Waals surface area (Å²) >= 11 is 0. The number of ether oxygens (including phenoxy) is 4. The van der Waals surface area contributed by atoms with Gasteiger partial charge in [0.1, 0.15) is 5.75 Å². The van der Waals surface area contributed by atoms with Crippen LogP contribution in [0.5, 0.6) is 17.2 Å². The van der Waals surface area contributed by atoms with E-state index in [0.29, 0.717) is 34.1 Å². The molecule has 0 saturated carbocycles. The molecule has 9 heteroatoms. The SMILES string of the molecule is COc1ccccc1NC(=O)COC(=O)c1nn(-c2ccccc2)cc1-c1ccc(OC)c(OC)c1. The van der Waals surface area contributed by atoms with Crippen LogP contribution in [0.15, 0.2) is 79.0 Å². The third kappa shape index (κ3) is 5.30. The van der Waals surface area contributed by atoms with Crippen LogP contribution in [-0.2, 0) is 9.53 Å². The summed E-state index contributed by atoms with van der Waals surface area (Å²) in [5.74, 6) is 0.286. The van der Waals surface area contributed by atoms with E-state index in [0.717, 1.165) is 5.69 Å². The molecular formula is C27H25N3O6. The molecule has 0 aliphatic rings. The van der Waals surface area contributed by atoms with Crippen molar-refractivity contribution >= 4 is 17.6 Å². The van der Waals surface area contributed by atoms with Crippen LogP contribution in [0.4, 0.5) is 5.69 Å².